The van der Waals surface area contributed by atoms with Crippen LogP contribution in [0.3, 0.4) is 0 Å². The fraction of sp³-hybridized carbons (Fsp3) is 0.567. The summed E-state index contributed by atoms with van der Waals surface area (Å²) in [5.74, 6) is 0.888. The van der Waals surface area contributed by atoms with Crippen LogP contribution in [0, 0.1) is 24.7 Å². The summed E-state index contributed by atoms with van der Waals surface area (Å²) >= 11 is 0. The zero-order valence-electron chi connectivity index (χ0n) is 21.4. The van der Waals surface area contributed by atoms with Crippen LogP contribution in [0.15, 0.2) is 54.1 Å². The van der Waals surface area contributed by atoms with E-state index in [9.17, 15) is 14.4 Å². The van der Waals surface area contributed by atoms with Gasteiger partial charge < -0.3 is 0 Å². The molecule has 1 aromatic carbocycles. The summed E-state index contributed by atoms with van der Waals surface area (Å²) in [6, 6.07) is 10.3. The molecule has 0 aromatic heterocycles. The number of hydrogen-bond acceptors (Lipinski definition) is 3. The third kappa shape index (κ3) is 12.5. The summed E-state index contributed by atoms with van der Waals surface area (Å²) in [6.07, 6.45) is 13.1. The van der Waals surface area contributed by atoms with Crippen molar-refractivity contribution in [1.29, 1.82) is 0 Å². The molecule has 0 amide bonds. The lowest BCUT2D eigenvalue weighted by atomic mass is 9.75. The average molecular weight is 453 g/mol. The number of Topliss-reactive ketones (excluding diaryl/α,β-unsaturated/α-hetero) is 3. The van der Waals surface area contributed by atoms with E-state index in [4.69, 9.17) is 0 Å². The minimum absolute atomic E-state index is 0.0506. The monoisotopic (exact) mass is 452 g/mol. The van der Waals surface area contributed by atoms with Crippen molar-refractivity contribution in [2.45, 2.75) is 92.4 Å². The van der Waals surface area contributed by atoms with Gasteiger partial charge >= 0.3 is 0 Å². The molecule has 2 rings (SSSR count). The van der Waals surface area contributed by atoms with E-state index in [1.165, 1.54) is 12.5 Å². The lowest BCUT2D eigenvalue weighted by Gasteiger charge is -2.29. The topological polar surface area (TPSA) is 51.2 Å². The molecule has 0 saturated heterocycles. The zero-order valence-corrected chi connectivity index (χ0v) is 21.4. The van der Waals surface area contributed by atoms with Crippen molar-refractivity contribution in [3.63, 3.8) is 0 Å². The van der Waals surface area contributed by atoms with Crippen molar-refractivity contribution >= 4 is 17.3 Å². The Morgan fingerprint density at radius 1 is 1.09 bits per heavy atom. The van der Waals surface area contributed by atoms with Crippen molar-refractivity contribution in [1.82, 2.24) is 0 Å². The fourth-order valence-electron chi connectivity index (χ4n) is 4.74. The Bertz CT molecular complexity index is 788. The van der Waals surface area contributed by atoms with Crippen LogP contribution >= 0.6 is 0 Å². The van der Waals surface area contributed by atoms with E-state index in [-0.39, 0.29) is 29.8 Å². The Hall–Kier alpha value is -2.29. The largest absolute Gasteiger partial charge is 0.300 e. The minimum atomic E-state index is -0.0541. The summed E-state index contributed by atoms with van der Waals surface area (Å²) in [5, 5.41) is 0. The zero-order chi connectivity index (χ0) is 24.6. The lowest BCUT2D eigenvalue weighted by Crippen LogP contribution is -2.27. The van der Waals surface area contributed by atoms with Crippen LogP contribution in [0.1, 0.15) is 91.0 Å². The first kappa shape index (κ1) is 28.7. The van der Waals surface area contributed by atoms with Crippen LogP contribution in [0.2, 0.25) is 0 Å². The first-order chi connectivity index (χ1) is 15.8. The van der Waals surface area contributed by atoms with Gasteiger partial charge in [0.1, 0.15) is 17.3 Å². The third-order valence-electron chi connectivity index (χ3n) is 6.33. The Morgan fingerprint density at radius 3 is 2.33 bits per heavy atom. The molecule has 0 aliphatic heterocycles. The Balaban J connectivity index is 0.000000657. The third-order valence-corrected chi connectivity index (χ3v) is 6.33. The van der Waals surface area contributed by atoms with Gasteiger partial charge in [0, 0.05) is 18.8 Å². The summed E-state index contributed by atoms with van der Waals surface area (Å²) in [6.45, 7) is 9.76. The number of carbonyl (C=O) groups is 3. The van der Waals surface area contributed by atoms with Gasteiger partial charge in [0.2, 0.25) is 0 Å². The summed E-state index contributed by atoms with van der Waals surface area (Å²) in [5.41, 5.74) is 2.43. The Kier molecular flexibility index (Phi) is 14.2. The molecule has 0 heterocycles. The molecule has 3 unspecified atom stereocenters. The van der Waals surface area contributed by atoms with Crippen LogP contribution in [0.4, 0.5) is 0 Å². The highest BCUT2D eigenvalue weighted by Crippen LogP contribution is 2.33. The van der Waals surface area contributed by atoms with Crippen LogP contribution in [-0.4, -0.2) is 17.3 Å². The quantitative estimate of drug-likeness (QED) is 0.362. The van der Waals surface area contributed by atoms with E-state index in [1.54, 1.807) is 0 Å². The summed E-state index contributed by atoms with van der Waals surface area (Å²) < 4.78 is 0. The number of ketones is 3. The molecule has 33 heavy (non-hydrogen) atoms. The molecular weight excluding hydrogens is 408 g/mol. The van der Waals surface area contributed by atoms with E-state index in [0.29, 0.717) is 24.5 Å². The molecule has 0 spiro atoms. The van der Waals surface area contributed by atoms with Crippen molar-refractivity contribution in [2.24, 2.45) is 17.8 Å². The smallest absolute Gasteiger partial charge is 0.143 e. The molecule has 3 nitrogen and oxygen atoms in total. The summed E-state index contributed by atoms with van der Waals surface area (Å²) in [7, 11) is 0. The highest BCUT2D eigenvalue weighted by molar-refractivity contribution is 5.99. The van der Waals surface area contributed by atoms with E-state index >= 15 is 0 Å². The van der Waals surface area contributed by atoms with Crippen molar-refractivity contribution in [3.05, 3.63) is 59.7 Å². The van der Waals surface area contributed by atoms with Gasteiger partial charge in [-0.15, -0.1) is 0 Å². The molecule has 0 fully saturated rings. The van der Waals surface area contributed by atoms with Gasteiger partial charge in [0.25, 0.3) is 0 Å². The molecule has 0 N–H and O–H groups in total. The van der Waals surface area contributed by atoms with Crippen molar-refractivity contribution < 1.29 is 14.4 Å². The number of allylic oxidation sites excluding steroid dienone is 4. The second-order valence-corrected chi connectivity index (χ2v) is 9.60. The molecule has 0 bridgehead atoms. The van der Waals surface area contributed by atoms with Crippen molar-refractivity contribution in [3.8, 4) is 0 Å². The number of hydrogen-bond donors (Lipinski definition) is 0. The van der Waals surface area contributed by atoms with E-state index in [1.807, 2.05) is 38.1 Å². The SMILES string of the molecule is CCCC(CC1CC/C=C\C=C(\C)CC(=O)C1)C(CC)C(=O)CC(C)=O.Cc1ccccc1. The number of benzene rings is 1. The van der Waals surface area contributed by atoms with Gasteiger partial charge in [-0.1, -0.05) is 86.4 Å². The second kappa shape index (κ2) is 16.3. The highest BCUT2D eigenvalue weighted by atomic mass is 16.1. The van der Waals surface area contributed by atoms with Crippen LogP contribution in [0.5, 0.6) is 0 Å². The first-order valence-corrected chi connectivity index (χ1v) is 12.6. The van der Waals surface area contributed by atoms with Gasteiger partial charge in [-0.05, 0) is 58.3 Å². The van der Waals surface area contributed by atoms with Gasteiger partial charge in [0.15, 0.2) is 0 Å². The number of rotatable bonds is 9. The standard InChI is InChI=1S/C23H36O3.C7H8/c1-5-10-20(22(6-2)23(26)14-18(4)24)15-19-12-9-7-8-11-17(3)13-21(25)16-19;1-7-5-3-2-4-6-7/h7-8,11,19-20,22H,5-6,9-10,12-16H2,1-4H3;2-6H,1H3/b8-7-,17-11-;. The molecular formula is C30H44O3. The Morgan fingerprint density at radius 2 is 1.79 bits per heavy atom. The van der Waals surface area contributed by atoms with Crippen LogP contribution in [0.25, 0.3) is 0 Å². The van der Waals surface area contributed by atoms with Crippen LogP contribution < -0.4 is 0 Å². The maximum Gasteiger partial charge on any atom is 0.143 e. The van der Waals surface area contributed by atoms with Gasteiger partial charge in [0.05, 0.1) is 6.42 Å². The molecule has 1 aliphatic carbocycles. The maximum atomic E-state index is 12.6. The van der Waals surface area contributed by atoms with E-state index in [2.05, 4.69) is 38.1 Å². The second-order valence-electron chi connectivity index (χ2n) is 9.60. The molecule has 182 valence electrons. The molecule has 1 aromatic rings. The average Bonchev–Trinajstić information content (AvgIpc) is 2.74. The minimum Gasteiger partial charge on any atom is -0.300 e. The molecule has 3 atom stereocenters. The lowest BCUT2D eigenvalue weighted by molar-refractivity contribution is -0.129. The van der Waals surface area contributed by atoms with Gasteiger partial charge in [-0.25, -0.2) is 0 Å². The first-order valence-electron chi connectivity index (χ1n) is 12.6. The van der Waals surface area contributed by atoms with Gasteiger partial charge in [-0.2, -0.15) is 0 Å². The predicted octanol–water partition coefficient (Wildman–Crippen LogP) is 7.62. The summed E-state index contributed by atoms with van der Waals surface area (Å²) in [4.78, 5) is 36.4. The molecule has 0 saturated carbocycles. The van der Waals surface area contributed by atoms with Crippen LogP contribution in [-0.2, 0) is 14.4 Å². The molecule has 0 radical (unpaired) electrons. The van der Waals surface area contributed by atoms with Crippen molar-refractivity contribution in [2.75, 3.05) is 0 Å². The molecule has 3 heteroatoms. The number of aryl methyl sites for hydroxylation is 1. The van der Waals surface area contributed by atoms with Gasteiger partial charge in [-0.3, -0.25) is 14.4 Å². The highest BCUT2D eigenvalue weighted by Gasteiger charge is 2.29. The molecule has 1 aliphatic rings. The normalized spacial score (nSPS) is 20.9. The Labute approximate surface area is 201 Å². The van der Waals surface area contributed by atoms with E-state index in [0.717, 1.165) is 44.1 Å². The van der Waals surface area contributed by atoms with E-state index < -0.39 is 0 Å². The maximum absolute atomic E-state index is 12.6. The fourth-order valence-corrected chi connectivity index (χ4v) is 4.74. The predicted molar refractivity (Wildman–Crippen MR) is 138 cm³/mol. The number of carbonyl (C=O) groups excluding carboxylic acids is 3.